The van der Waals surface area contributed by atoms with Crippen LogP contribution in [0.5, 0.6) is 5.75 Å². The number of nitrogen functional groups attached to an aromatic ring is 1. The zero-order valence-electron chi connectivity index (χ0n) is 24.2. The molecule has 0 unspecified atom stereocenters. The third-order valence-corrected chi connectivity index (χ3v) is 12.4. The summed E-state index contributed by atoms with van der Waals surface area (Å²) in [5.41, 5.74) is 7.49. The van der Waals surface area contributed by atoms with Crippen molar-refractivity contribution in [2.45, 2.75) is 90.3 Å². The zero-order valence-corrected chi connectivity index (χ0v) is 26.0. The second kappa shape index (κ2) is 9.46. The summed E-state index contributed by atoms with van der Waals surface area (Å²) in [5.74, 6) is 0.874. The van der Waals surface area contributed by atoms with E-state index in [0.717, 1.165) is 0 Å². The van der Waals surface area contributed by atoms with E-state index in [4.69, 9.17) is 31.6 Å². The number of ether oxygens (including phenoxy) is 1. The van der Waals surface area contributed by atoms with Crippen LogP contribution >= 0.6 is 11.6 Å². The third-order valence-electron chi connectivity index (χ3n) is 7.77. The van der Waals surface area contributed by atoms with Gasteiger partial charge in [0, 0.05) is 5.39 Å². The van der Waals surface area contributed by atoms with Crippen molar-refractivity contribution in [1.82, 2.24) is 24.3 Å². The van der Waals surface area contributed by atoms with Gasteiger partial charge in [-0.3, -0.25) is 0 Å². The van der Waals surface area contributed by atoms with Gasteiger partial charge in [0.2, 0.25) is 8.32 Å². The highest BCUT2D eigenvalue weighted by atomic mass is 35.5. The first-order valence-electron chi connectivity index (χ1n) is 13.4. The lowest BCUT2D eigenvalue weighted by Gasteiger charge is -2.36. The Hall–Kier alpha value is -3.15. The molecule has 4 aromatic rings. The highest BCUT2D eigenvalue weighted by Crippen LogP contribution is 2.43. The number of carbonyl (C=O) groups is 1. The number of benzene rings is 1. The number of nitrogens with zero attached hydrogens (tertiary/aromatic N) is 5. The lowest BCUT2D eigenvalue weighted by molar-refractivity contribution is 0.0451. The van der Waals surface area contributed by atoms with E-state index in [1.54, 1.807) is 31.5 Å². The summed E-state index contributed by atoms with van der Waals surface area (Å²) in [6, 6.07) is 5.44. The molecule has 1 saturated carbocycles. The molecule has 1 fully saturated rings. The van der Waals surface area contributed by atoms with Gasteiger partial charge in [-0.1, -0.05) is 32.4 Å². The molecule has 1 aliphatic carbocycles. The average molecular weight is 585 g/mol. The van der Waals surface area contributed by atoms with Crippen LogP contribution in [0.15, 0.2) is 24.5 Å². The van der Waals surface area contributed by atoms with Crippen molar-refractivity contribution in [3.8, 4) is 17.1 Å². The number of aromatic nitrogens is 5. The summed E-state index contributed by atoms with van der Waals surface area (Å²) >= 11 is 6.88. The molecule has 1 aromatic carbocycles. The maximum atomic E-state index is 13.7. The summed E-state index contributed by atoms with van der Waals surface area (Å²) < 4.78 is 15.6. The van der Waals surface area contributed by atoms with Gasteiger partial charge in [-0.15, -0.1) is 0 Å². The number of aliphatic hydroxyl groups is 1. The van der Waals surface area contributed by atoms with Crippen LogP contribution in [0.25, 0.3) is 33.3 Å². The number of fused-ring (bicyclic) bond motifs is 2. The monoisotopic (exact) mass is 584 g/mol. The summed E-state index contributed by atoms with van der Waals surface area (Å²) in [4.78, 5) is 22.4. The molecule has 0 amide bonds. The number of rotatable bonds is 4. The maximum Gasteiger partial charge on any atom is 0.419 e. The maximum absolute atomic E-state index is 13.7. The predicted molar refractivity (Wildman–Crippen MR) is 159 cm³/mol. The quantitative estimate of drug-likeness (QED) is 0.258. The van der Waals surface area contributed by atoms with Gasteiger partial charge in [0.15, 0.2) is 5.65 Å². The Kier molecular flexibility index (Phi) is 6.71. The smallest absolute Gasteiger partial charge is 0.419 e. The Labute approximate surface area is 239 Å². The van der Waals surface area contributed by atoms with Crippen LogP contribution in [0.2, 0.25) is 23.2 Å². The van der Waals surface area contributed by atoms with E-state index in [-0.39, 0.29) is 16.9 Å². The summed E-state index contributed by atoms with van der Waals surface area (Å²) in [6.07, 6.45) is 1.50. The van der Waals surface area contributed by atoms with Gasteiger partial charge in [-0.25, -0.2) is 24.0 Å². The molecule has 12 heteroatoms. The number of halogens is 1. The van der Waals surface area contributed by atoms with Crippen molar-refractivity contribution in [1.29, 1.82) is 0 Å². The van der Waals surface area contributed by atoms with Gasteiger partial charge in [-0.05, 0) is 69.9 Å². The molecule has 3 aromatic heterocycles. The van der Waals surface area contributed by atoms with Crippen LogP contribution in [-0.4, -0.2) is 55.5 Å². The van der Waals surface area contributed by atoms with Crippen LogP contribution in [-0.2, 0) is 4.74 Å². The molecule has 0 aliphatic heterocycles. The van der Waals surface area contributed by atoms with Crippen LogP contribution in [0.3, 0.4) is 0 Å². The van der Waals surface area contributed by atoms with Gasteiger partial charge >= 0.3 is 6.09 Å². The highest BCUT2D eigenvalue weighted by molar-refractivity contribution is 6.74. The van der Waals surface area contributed by atoms with Crippen LogP contribution < -0.4 is 10.2 Å². The molecule has 10 nitrogen and oxygen atoms in total. The minimum absolute atomic E-state index is 0.0135. The van der Waals surface area contributed by atoms with E-state index in [2.05, 4.69) is 43.8 Å². The Morgan fingerprint density at radius 1 is 1.12 bits per heavy atom. The number of hydrogen-bond acceptors (Lipinski definition) is 8. The van der Waals surface area contributed by atoms with E-state index < -0.39 is 26.1 Å². The van der Waals surface area contributed by atoms with Gasteiger partial charge < -0.3 is 20.0 Å². The number of carbonyl (C=O) groups excluding carboxylic acids is 1. The number of hydrogen-bond donors (Lipinski definition) is 2. The Balaban J connectivity index is 1.76. The van der Waals surface area contributed by atoms with Crippen molar-refractivity contribution in [3.05, 3.63) is 29.5 Å². The molecular weight excluding hydrogens is 548 g/mol. The Morgan fingerprint density at radius 2 is 1.80 bits per heavy atom. The van der Waals surface area contributed by atoms with Crippen LogP contribution in [0, 0.1) is 0 Å². The Bertz CT molecular complexity index is 1630. The lowest BCUT2D eigenvalue weighted by atomic mass is 9.90. The topological polar surface area (TPSA) is 130 Å². The fraction of sp³-hybridized carbons (Fsp3) is 0.500. The molecule has 0 atom stereocenters. The molecule has 0 saturated heterocycles. The predicted octanol–water partition coefficient (Wildman–Crippen LogP) is 6.55. The number of anilines is 1. The second-order valence-electron chi connectivity index (χ2n) is 13.1. The highest BCUT2D eigenvalue weighted by Gasteiger charge is 2.39. The molecule has 0 bridgehead atoms. The Morgan fingerprint density at radius 3 is 2.40 bits per heavy atom. The van der Waals surface area contributed by atoms with E-state index in [1.807, 2.05) is 12.1 Å². The fourth-order valence-electron chi connectivity index (χ4n) is 4.64. The molecule has 214 valence electrons. The SMILES string of the molecule is CC(C)(C)OC(=O)n1c(-c2nn(C3CC(O)C3)c3ncnc(N)c23)cc2cc(O[Si](C)(C)C(C)(C)C)cc(Cl)c21. The molecule has 0 radical (unpaired) electrons. The summed E-state index contributed by atoms with van der Waals surface area (Å²) in [6.45, 7) is 16.3. The first-order valence-corrected chi connectivity index (χ1v) is 16.7. The molecular formula is C28H37ClN6O4Si. The normalized spacial score (nSPS) is 18.2. The van der Waals surface area contributed by atoms with Gasteiger partial charge in [-0.2, -0.15) is 5.10 Å². The van der Waals surface area contributed by atoms with Gasteiger partial charge in [0.1, 0.15) is 29.2 Å². The molecule has 1 aliphatic rings. The van der Waals surface area contributed by atoms with Crippen molar-refractivity contribution >= 4 is 53.8 Å². The molecule has 3 N–H and O–H groups in total. The van der Waals surface area contributed by atoms with Crippen molar-refractivity contribution in [2.75, 3.05) is 5.73 Å². The second-order valence-corrected chi connectivity index (χ2v) is 18.2. The van der Waals surface area contributed by atoms with Gasteiger partial charge in [0.25, 0.3) is 0 Å². The van der Waals surface area contributed by atoms with E-state index in [1.165, 1.54) is 10.9 Å². The summed E-state index contributed by atoms with van der Waals surface area (Å²) in [5, 5.41) is 16.4. The van der Waals surface area contributed by atoms with Gasteiger partial charge in [0.05, 0.1) is 33.8 Å². The van der Waals surface area contributed by atoms with E-state index in [0.29, 0.717) is 56.9 Å². The van der Waals surface area contributed by atoms with Crippen LogP contribution in [0.1, 0.15) is 60.4 Å². The first-order chi connectivity index (χ1) is 18.5. The lowest BCUT2D eigenvalue weighted by Crippen LogP contribution is -2.43. The first kappa shape index (κ1) is 28.4. The summed E-state index contributed by atoms with van der Waals surface area (Å²) in [7, 11) is -2.16. The zero-order chi connectivity index (χ0) is 29.4. The molecule has 5 rings (SSSR count). The minimum atomic E-state index is -2.16. The van der Waals surface area contributed by atoms with E-state index in [9.17, 15) is 9.90 Å². The molecule has 3 heterocycles. The number of nitrogens with two attached hydrogens (primary N) is 1. The molecule has 0 spiro atoms. The molecule has 40 heavy (non-hydrogen) atoms. The average Bonchev–Trinajstić information content (AvgIpc) is 3.34. The number of aliphatic hydroxyl groups excluding tert-OH is 1. The van der Waals surface area contributed by atoms with Crippen molar-refractivity contribution in [3.63, 3.8) is 0 Å². The minimum Gasteiger partial charge on any atom is -0.543 e. The largest absolute Gasteiger partial charge is 0.543 e. The third kappa shape index (κ3) is 4.95. The van der Waals surface area contributed by atoms with E-state index >= 15 is 0 Å². The fourth-order valence-corrected chi connectivity index (χ4v) is 5.95. The van der Waals surface area contributed by atoms with Crippen LogP contribution in [0.4, 0.5) is 10.6 Å². The standard InChI is InChI=1S/C28H37ClN6O4Si/c1-27(2,3)38-26(37)34-20(10-15-9-18(13-19(29)23(15)34)39-40(7,8)28(4,5)6)22-21-24(30)31-14-32-25(21)35(33-22)16-11-17(36)12-16/h9-10,13-14,16-17,36H,11-12H2,1-8H3,(H2,30,31,32). The van der Waals surface area contributed by atoms with Crippen molar-refractivity contribution < 1.29 is 19.1 Å². The van der Waals surface area contributed by atoms with Crippen molar-refractivity contribution in [2.24, 2.45) is 0 Å².